The number of nitrogens with one attached hydrogen (secondary N) is 2. The fourth-order valence-corrected chi connectivity index (χ4v) is 1.40. The molecule has 0 heterocycles. The minimum absolute atomic E-state index is 0.344. The van der Waals surface area contributed by atoms with E-state index in [1.807, 2.05) is 11.6 Å². The Morgan fingerprint density at radius 2 is 2.00 bits per heavy atom. The highest BCUT2D eigenvalue weighted by Crippen LogP contribution is 1.79. The number of ether oxygens (including phenoxy) is 1. The van der Waals surface area contributed by atoms with Crippen LogP contribution in [0.2, 0.25) is 0 Å². The molecule has 0 radical (unpaired) electrons. The van der Waals surface area contributed by atoms with Crippen LogP contribution in [0.4, 0.5) is 0 Å². The van der Waals surface area contributed by atoms with E-state index in [1.54, 1.807) is 0 Å². The number of rotatable bonds is 6. The first-order chi connectivity index (χ1) is 6.02. The number of hydrogen-bond donors (Lipinski definition) is 2. The molecule has 0 saturated carbocycles. The standard InChI is InChI=1S/C6H14N2O4S/c1-3-4-7-13(10,11)8-5-6(9)12-2/h7-8H,3-5H2,1-2H3. The summed E-state index contributed by atoms with van der Waals surface area (Å²) in [6.07, 6.45) is 0.694. The zero-order valence-electron chi connectivity index (χ0n) is 7.66. The normalized spacial score (nSPS) is 11.2. The van der Waals surface area contributed by atoms with Gasteiger partial charge in [0.05, 0.1) is 7.11 Å². The highest BCUT2D eigenvalue weighted by molar-refractivity contribution is 7.87. The summed E-state index contributed by atoms with van der Waals surface area (Å²) in [6.45, 7) is 1.83. The Hall–Kier alpha value is -0.660. The van der Waals surface area contributed by atoms with Gasteiger partial charge in [0.15, 0.2) is 0 Å². The van der Waals surface area contributed by atoms with E-state index >= 15 is 0 Å². The van der Waals surface area contributed by atoms with E-state index in [0.29, 0.717) is 13.0 Å². The Morgan fingerprint density at radius 1 is 1.38 bits per heavy atom. The first-order valence-electron chi connectivity index (χ1n) is 3.83. The van der Waals surface area contributed by atoms with Crippen LogP contribution in [-0.2, 0) is 19.7 Å². The molecule has 0 aromatic rings. The van der Waals surface area contributed by atoms with Crippen LogP contribution in [-0.4, -0.2) is 34.6 Å². The maximum atomic E-state index is 11.0. The Morgan fingerprint density at radius 3 is 2.46 bits per heavy atom. The first-order valence-corrected chi connectivity index (χ1v) is 5.31. The zero-order chi connectivity index (χ0) is 10.3. The number of carbonyl (C=O) groups excluding carboxylic acids is 1. The van der Waals surface area contributed by atoms with E-state index in [-0.39, 0.29) is 6.54 Å². The third kappa shape index (κ3) is 6.50. The molecule has 0 aliphatic carbocycles. The second-order valence-corrected chi connectivity index (χ2v) is 3.88. The van der Waals surface area contributed by atoms with Crippen LogP contribution in [0.3, 0.4) is 0 Å². The van der Waals surface area contributed by atoms with Gasteiger partial charge in [0.1, 0.15) is 6.54 Å². The topological polar surface area (TPSA) is 84.5 Å². The minimum Gasteiger partial charge on any atom is -0.468 e. The average Bonchev–Trinajstić information content (AvgIpc) is 2.11. The number of hydrogen-bond acceptors (Lipinski definition) is 4. The lowest BCUT2D eigenvalue weighted by Crippen LogP contribution is -2.39. The smallest absolute Gasteiger partial charge is 0.320 e. The van der Waals surface area contributed by atoms with Crippen LogP contribution in [0.25, 0.3) is 0 Å². The van der Waals surface area contributed by atoms with Crippen molar-refractivity contribution in [3.05, 3.63) is 0 Å². The molecule has 7 heteroatoms. The van der Waals surface area contributed by atoms with Gasteiger partial charge in [-0.1, -0.05) is 6.92 Å². The van der Waals surface area contributed by atoms with Gasteiger partial charge >= 0.3 is 5.97 Å². The molecule has 0 rings (SSSR count). The number of carbonyl (C=O) groups is 1. The Bertz CT molecular complexity index is 249. The molecule has 78 valence electrons. The third-order valence-electron chi connectivity index (χ3n) is 1.18. The van der Waals surface area contributed by atoms with Gasteiger partial charge in [0.2, 0.25) is 0 Å². The van der Waals surface area contributed by atoms with Crippen LogP contribution in [0.15, 0.2) is 0 Å². The van der Waals surface area contributed by atoms with Crippen LogP contribution < -0.4 is 9.44 Å². The summed E-state index contributed by atoms with van der Waals surface area (Å²) in [5.74, 6) is -0.623. The summed E-state index contributed by atoms with van der Waals surface area (Å²) in [7, 11) is -2.36. The largest absolute Gasteiger partial charge is 0.468 e. The van der Waals surface area contributed by atoms with Gasteiger partial charge in [0.25, 0.3) is 10.2 Å². The van der Waals surface area contributed by atoms with E-state index in [9.17, 15) is 13.2 Å². The molecule has 0 saturated heterocycles. The first kappa shape index (κ1) is 12.3. The van der Waals surface area contributed by atoms with E-state index in [1.165, 1.54) is 7.11 Å². The van der Waals surface area contributed by atoms with Crippen LogP contribution >= 0.6 is 0 Å². The van der Waals surface area contributed by atoms with Crippen molar-refractivity contribution < 1.29 is 17.9 Å². The van der Waals surface area contributed by atoms with Crippen molar-refractivity contribution in [1.29, 1.82) is 0 Å². The fraction of sp³-hybridized carbons (Fsp3) is 0.833. The van der Waals surface area contributed by atoms with Crippen molar-refractivity contribution in [3.63, 3.8) is 0 Å². The molecule has 0 bridgehead atoms. The molecule has 0 aromatic heterocycles. The van der Waals surface area contributed by atoms with Gasteiger partial charge < -0.3 is 4.74 Å². The summed E-state index contributed by atoms with van der Waals surface area (Å²) < 4.78 is 30.5. The Kier molecular flexibility index (Phi) is 5.60. The van der Waals surface area contributed by atoms with Gasteiger partial charge in [-0.05, 0) is 6.42 Å². The molecule has 2 N–H and O–H groups in total. The molecular formula is C6H14N2O4S. The monoisotopic (exact) mass is 210 g/mol. The van der Waals surface area contributed by atoms with Gasteiger partial charge in [0, 0.05) is 6.54 Å². The second kappa shape index (κ2) is 5.90. The minimum atomic E-state index is -3.55. The number of esters is 1. The highest BCUT2D eigenvalue weighted by Gasteiger charge is 2.10. The lowest BCUT2D eigenvalue weighted by Gasteiger charge is -2.05. The van der Waals surface area contributed by atoms with Gasteiger partial charge in [-0.15, -0.1) is 0 Å². The van der Waals surface area contributed by atoms with Crippen molar-refractivity contribution in [2.45, 2.75) is 13.3 Å². The maximum absolute atomic E-state index is 11.0. The van der Waals surface area contributed by atoms with Crippen LogP contribution in [0.1, 0.15) is 13.3 Å². The maximum Gasteiger partial charge on any atom is 0.320 e. The van der Waals surface area contributed by atoms with Gasteiger partial charge in [-0.3, -0.25) is 4.79 Å². The van der Waals surface area contributed by atoms with Crippen molar-refractivity contribution in [3.8, 4) is 0 Å². The SMILES string of the molecule is CCCNS(=O)(=O)NCC(=O)OC. The molecule has 0 aliphatic heterocycles. The molecular weight excluding hydrogens is 196 g/mol. The Labute approximate surface area is 77.8 Å². The molecule has 0 aromatic carbocycles. The summed E-state index contributed by atoms with van der Waals surface area (Å²) in [6, 6.07) is 0. The third-order valence-corrected chi connectivity index (χ3v) is 2.28. The van der Waals surface area contributed by atoms with Crippen LogP contribution in [0, 0.1) is 0 Å². The molecule has 0 fully saturated rings. The summed E-state index contributed by atoms with van der Waals surface area (Å²) in [5, 5.41) is 0. The molecule has 13 heavy (non-hydrogen) atoms. The molecule has 0 aliphatic rings. The molecule has 0 spiro atoms. The predicted octanol–water partition coefficient (Wildman–Crippen LogP) is -1.01. The number of methoxy groups -OCH3 is 1. The van der Waals surface area contributed by atoms with Gasteiger partial charge in [-0.2, -0.15) is 13.1 Å². The molecule has 0 unspecified atom stereocenters. The summed E-state index contributed by atoms with van der Waals surface area (Å²) in [5.41, 5.74) is 0. The van der Waals surface area contributed by atoms with Crippen molar-refractivity contribution >= 4 is 16.2 Å². The fourth-order valence-electron chi connectivity index (χ4n) is 0.514. The predicted molar refractivity (Wildman–Crippen MR) is 47.2 cm³/mol. The van der Waals surface area contributed by atoms with Crippen molar-refractivity contribution in [2.24, 2.45) is 0 Å². The Balaban J connectivity index is 3.83. The van der Waals surface area contributed by atoms with Gasteiger partial charge in [-0.25, -0.2) is 4.72 Å². The lowest BCUT2D eigenvalue weighted by atomic mass is 10.5. The lowest BCUT2D eigenvalue weighted by molar-refractivity contribution is -0.139. The average molecular weight is 210 g/mol. The van der Waals surface area contributed by atoms with E-state index in [4.69, 9.17) is 0 Å². The summed E-state index contributed by atoms with van der Waals surface area (Å²) >= 11 is 0. The van der Waals surface area contributed by atoms with Crippen molar-refractivity contribution in [1.82, 2.24) is 9.44 Å². The zero-order valence-corrected chi connectivity index (χ0v) is 8.48. The quantitative estimate of drug-likeness (QED) is 0.550. The second-order valence-electron chi connectivity index (χ2n) is 2.30. The highest BCUT2D eigenvalue weighted by atomic mass is 32.2. The van der Waals surface area contributed by atoms with E-state index in [0.717, 1.165) is 0 Å². The molecule has 0 atom stereocenters. The van der Waals surface area contributed by atoms with E-state index in [2.05, 4.69) is 9.46 Å². The van der Waals surface area contributed by atoms with Crippen LogP contribution in [0.5, 0.6) is 0 Å². The molecule has 0 amide bonds. The summed E-state index contributed by atoms with van der Waals surface area (Å²) in [4.78, 5) is 10.6. The van der Waals surface area contributed by atoms with Crippen molar-refractivity contribution in [2.75, 3.05) is 20.2 Å². The molecule has 6 nitrogen and oxygen atoms in total. The van der Waals surface area contributed by atoms with E-state index < -0.39 is 16.2 Å².